The predicted molar refractivity (Wildman–Crippen MR) is 129 cm³/mol. The summed E-state index contributed by atoms with van der Waals surface area (Å²) in [5.74, 6) is -3.87. The number of anilines is 2. The SMILES string of the molecule is N#Cc1ccc(Cl)c(NC(=O)C(=O)NC(Cc2ccccc2)C(=O)Nc2ccc(C(=O)O)cc2)c1. The van der Waals surface area contributed by atoms with Gasteiger partial charge in [0.1, 0.15) is 6.04 Å². The maximum Gasteiger partial charge on any atom is 0.335 e. The lowest BCUT2D eigenvalue weighted by Crippen LogP contribution is -2.48. The molecule has 4 N–H and O–H groups in total. The number of nitrogens with zero attached hydrogens (tertiary/aromatic N) is 1. The molecule has 0 saturated carbocycles. The molecular weight excluding hydrogens is 472 g/mol. The zero-order valence-electron chi connectivity index (χ0n) is 18.1. The summed E-state index contributed by atoms with van der Waals surface area (Å²) in [6.07, 6.45) is 0.0869. The molecule has 0 heterocycles. The fraction of sp³-hybridized carbons (Fsp3) is 0.0800. The van der Waals surface area contributed by atoms with E-state index in [0.29, 0.717) is 5.69 Å². The van der Waals surface area contributed by atoms with Gasteiger partial charge in [-0.1, -0.05) is 41.9 Å². The minimum atomic E-state index is -1.13. The van der Waals surface area contributed by atoms with Crippen LogP contribution in [-0.4, -0.2) is 34.8 Å². The van der Waals surface area contributed by atoms with Gasteiger partial charge >= 0.3 is 17.8 Å². The molecular formula is C25H19ClN4O5. The van der Waals surface area contributed by atoms with E-state index in [-0.39, 0.29) is 28.3 Å². The summed E-state index contributed by atoms with van der Waals surface area (Å²) in [6, 6.07) is 19.3. The van der Waals surface area contributed by atoms with Crippen LogP contribution in [0.15, 0.2) is 72.8 Å². The van der Waals surface area contributed by atoms with Crippen molar-refractivity contribution in [1.29, 1.82) is 5.26 Å². The number of aromatic carboxylic acids is 1. The highest BCUT2D eigenvalue weighted by Gasteiger charge is 2.25. The highest BCUT2D eigenvalue weighted by Crippen LogP contribution is 2.22. The molecule has 0 aliphatic heterocycles. The molecule has 0 spiro atoms. The van der Waals surface area contributed by atoms with Crippen LogP contribution in [0.4, 0.5) is 11.4 Å². The third-order valence-electron chi connectivity index (χ3n) is 4.85. The number of nitrogens with one attached hydrogen (secondary N) is 3. The molecule has 9 nitrogen and oxygen atoms in total. The first-order chi connectivity index (χ1) is 16.8. The number of rotatable bonds is 7. The molecule has 3 amide bonds. The first kappa shape index (κ1) is 25.0. The van der Waals surface area contributed by atoms with Gasteiger partial charge in [0.05, 0.1) is 27.9 Å². The van der Waals surface area contributed by atoms with Crippen molar-refractivity contribution >= 4 is 46.7 Å². The van der Waals surface area contributed by atoms with E-state index < -0.39 is 29.7 Å². The van der Waals surface area contributed by atoms with Gasteiger partial charge in [-0.25, -0.2) is 4.79 Å². The maximum absolute atomic E-state index is 13.0. The fourth-order valence-electron chi connectivity index (χ4n) is 3.08. The Kier molecular flexibility index (Phi) is 8.16. The van der Waals surface area contributed by atoms with E-state index in [1.807, 2.05) is 6.07 Å². The Morgan fingerprint density at radius 1 is 0.914 bits per heavy atom. The Morgan fingerprint density at radius 3 is 2.23 bits per heavy atom. The zero-order chi connectivity index (χ0) is 25.4. The van der Waals surface area contributed by atoms with E-state index in [4.69, 9.17) is 22.0 Å². The molecule has 0 bridgehead atoms. The van der Waals surface area contributed by atoms with Crippen molar-refractivity contribution in [3.8, 4) is 6.07 Å². The third kappa shape index (κ3) is 6.90. The number of hydrogen-bond donors (Lipinski definition) is 4. The van der Waals surface area contributed by atoms with Crippen LogP contribution in [0.2, 0.25) is 5.02 Å². The minimum Gasteiger partial charge on any atom is -0.478 e. The Labute approximate surface area is 205 Å². The van der Waals surface area contributed by atoms with Crippen LogP contribution >= 0.6 is 11.6 Å². The molecule has 0 aliphatic rings. The van der Waals surface area contributed by atoms with E-state index in [0.717, 1.165) is 5.56 Å². The number of hydrogen-bond acceptors (Lipinski definition) is 5. The van der Waals surface area contributed by atoms with Gasteiger partial charge in [0.2, 0.25) is 5.91 Å². The van der Waals surface area contributed by atoms with Gasteiger partial charge in [-0.15, -0.1) is 0 Å². The molecule has 0 saturated heterocycles. The molecule has 1 atom stereocenters. The van der Waals surface area contributed by atoms with Gasteiger partial charge in [-0.3, -0.25) is 14.4 Å². The molecule has 3 aromatic rings. The van der Waals surface area contributed by atoms with Crippen LogP contribution in [0, 0.1) is 11.3 Å². The van der Waals surface area contributed by atoms with Crippen molar-refractivity contribution < 1.29 is 24.3 Å². The van der Waals surface area contributed by atoms with E-state index in [9.17, 15) is 19.2 Å². The molecule has 1 unspecified atom stereocenters. The average Bonchev–Trinajstić information content (AvgIpc) is 2.85. The Bertz CT molecular complexity index is 1300. The highest BCUT2D eigenvalue weighted by molar-refractivity contribution is 6.41. The lowest BCUT2D eigenvalue weighted by molar-refractivity contribution is -0.137. The van der Waals surface area contributed by atoms with Crippen LogP contribution in [0.3, 0.4) is 0 Å². The van der Waals surface area contributed by atoms with Gasteiger partial charge in [0.15, 0.2) is 0 Å². The van der Waals surface area contributed by atoms with Gasteiger partial charge in [0.25, 0.3) is 0 Å². The lowest BCUT2D eigenvalue weighted by Gasteiger charge is -2.19. The summed E-state index contributed by atoms with van der Waals surface area (Å²) in [7, 11) is 0. The maximum atomic E-state index is 13.0. The van der Waals surface area contributed by atoms with Crippen LogP contribution in [0.25, 0.3) is 0 Å². The number of carboxylic acids is 1. The minimum absolute atomic E-state index is 0.0490. The average molecular weight is 491 g/mol. The molecule has 3 aromatic carbocycles. The standard InChI is InChI=1S/C25H19ClN4O5/c26-19-11-6-16(14-27)13-20(19)29-23(32)24(33)30-21(12-15-4-2-1-3-5-15)22(31)28-18-9-7-17(8-10-18)25(34)35/h1-11,13,21H,12H2,(H,28,31)(H,29,32)(H,30,33)(H,34,35). The molecule has 176 valence electrons. The molecule has 35 heavy (non-hydrogen) atoms. The second kappa shape index (κ2) is 11.4. The summed E-state index contributed by atoms with van der Waals surface area (Å²) >= 11 is 6.03. The quantitative estimate of drug-likeness (QED) is 0.374. The number of carbonyl (C=O) groups is 4. The molecule has 0 aliphatic carbocycles. The molecule has 0 aromatic heterocycles. The Hall–Kier alpha value is -4.68. The largest absolute Gasteiger partial charge is 0.478 e. The van der Waals surface area contributed by atoms with E-state index in [1.54, 1.807) is 30.3 Å². The lowest BCUT2D eigenvalue weighted by atomic mass is 10.0. The molecule has 10 heteroatoms. The van der Waals surface area contributed by atoms with Crippen molar-refractivity contribution in [3.63, 3.8) is 0 Å². The smallest absolute Gasteiger partial charge is 0.335 e. The topological polar surface area (TPSA) is 148 Å². The second-order valence-corrected chi connectivity index (χ2v) is 7.76. The summed E-state index contributed by atoms with van der Waals surface area (Å²) in [5, 5.41) is 25.5. The second-order valence-electron chi connectivity index (χ2n) is 7.35. The number of halogens is 1. The van der Waals surface area contributed by atoms with Crippen molar-refractivity contribution in [3.05, 3.63) is 94.5 Å². The highest BCUT2D eigenvalue weighted by atomic mass is 35.5. The summed E-state index contributed by atoms with van der Waals surface area (Å²) in [4.78, 5) is 49.1. The van der Waals surface area contributed by atoms with Gasteiger partial charge in [0, 0.05) is 12.1 Å². The molecule has 0 fully saturated rings. The normalized spacial score (nSPS) is 11.0. The Morgan fingerprint density at radius 2 is 1.60 bits per heavy atom. The van der Waals surface area contributed by atoms with Gasteiger partial charge in [-0.05, 0) is 48.0 Å². The summed E-state index contributed by atoms with van der Waals surface area (Å²) in [5.41, 5.74) is 1.41. The van der Waals surface area contributed by atoms with E-state index in [2.05, 4.69) is 16.0 Å². The van der Waals surface area contributed by atoms with E-state index >= 15 is 0 Å². The number of nitriles is 1. The predicted octanol–water partition coefficient (Wildman–Crippen LogP) is 3.21. The summed E-state index contributed by atoms with van der Waals surface area (Å²) in [6.45, 7) is 0. The van der Waals surface area contributed by atoms with Crippen molar-refractivity contribution in [2.24, 2.45) is 0 Å². The Balaban J connectivity index is 1.75. The molecule has 0 radical (unpaired) electrons. The van der Waals surface area contributed by atoms with Gasteiger partial charge < -0.3 is 21.1 Å². The first-order valence-corrected chi connectivity index (χ1v) is 10.6. The van der Waals surface area contributed by atoms with Gasteiger partial charge in [-0.2, -0.15) is 5.26 Å². The number of benzene rings is 3. The third-order valence-corrected chi connectivity index (χ3v) is 5.18. The first-order valence-electron chi connectivity index (χ1n) is 10.3. The molecule has 3 rings (SSSR count). The van der Waals surface area contributed by atoms with Crippen molar-refractivity contribution in [2.75, 3.05) is 10.6 Å². The number of carbonyl (C=O) groups excluding carboxylic acids is 3. The van der Waals surface area contributed by atoms with E-state index in [1.165, 1.54) is 42.5 Å². The fourth-order valence-corrected chi connectivity index (χ4v) is 3.24. The van der Waals surface area contributed by atoms with Crippen LogP contribution < -0.4 is 16.0 Å². The number of carboxylic acid groups (broad SMARTS) is 1. The van der Waals surface area contributed by atoms with Crippen LogP contribution in [-0.2, 0) is 20.8 Å². The zero-order valence-corrected chi connectivity index (χ0v) is 18.9. The monoisotopic (exact) mass is 490 g/mol. The van der Waals surface area contributed by atoms with Crippen LogP contribution in [0.1, 0.15) is 21.5 Å². The van der Waals surface area contributed by atoms with Crippen LogP contribution in [0.5, 0.6) is 0 Å². The number of amides is 3. The van der Waals surface area contributed by atoms with Crippen molar-refractivity contribution in [1.82, 2.24) is 5.32 Å². The van der Waals surface area contributed by atoms with Crippen molar-refractivity contribution in [2.45, 2.75) is 12.5 Å². The summed E-state index contributed by atoms with van der Waals surface area (Å²) < 4.78 is 0.